The fraction of sp³-hybridized carbons (Fsp3) is 0.0667. The number of rotatable bonds is 3. The first-order valence-electron chi connectivity index (χ1n) is 6.73. The van der Waals surface area contributed by atoms with E-state index in [1.165, 1.54) is 10.9 Å². The Morgan fingerprint density at radius 3 is 2.33 bits per heavy atom. The Kier molecular flexibility index (Phi) is 6.16. The van der Waals surface area contributed by atoms with E-state index in [1.807, 2.05) is 0 Å². The second-order valence-corrected chi connectivity index (χ2v) is 6.39. The Bertz CT molecular complexity index is 1020. The lowest BCUT2D eigenvalue weighted by atomic mass is 10.2. The number of benzene rings is 1. The van der Waals surface area contributed by atoms with Gasteiger partial charge in [-0.05, 0) is 28.1 Å². The van der Waals surface area contributed by atoms with Gasteiger partial charge in [0.15, 0.2) is 5.70 Å². The van der Waals surface area contributed by atoms with Gasteiger partial charge < -0.3 is 5.73 Å². The fourth-order valence-electron chi connectivity index (χ4n) is 1.89. The highest BCUT2D eigenvalue weighted by Gasteiger charge is 2.32. The Morgan fingerprint density at radius 2 is 1.85 bits per heavy atom. The number of nitrogens with zero attached hydrogens (tertiary/aromatic N) is 5. The van der Waals surface area contributed by atoms with Gasteiger partial charge in [0.05, 0.1) is 27.5 Å². The molecule has 2 aromatic rings. The molecule has 0 amide bonds. The molecule has 0 bridgehead atoms. The van der Waals surface area contributed by atoms with Crippen LogP contribution < -0.4 is 5.73 Å². The SMILES string of the molecule is N#C/C(N)=C(C#N)/N=C/c1ncn(-c2c(Cl)cc(C(F)(F)F)cc2Cl)c1Br. The number of aromatic nitrogens is 2. The van der Waals surface area contributed by atoms with Gasteiger partial charge in [-0.25, -0.2) is 9.98 Å². The molecular weight excluding hydrogens is 472 g/mol. The molecule has 0 spiro atoms. The second kappa shape index (κ2) is 8.01. The summed E-state index contributed by atoms with van der Waals surface area (Å²) in [6.07, 6.45) is -2.21. The number of hydrogen-bond acceptors (Lipinski definition) is 5. The monoisotopic (exact) mass is 476 g/mol. The van der Waals surface area contributed by atoms with Crippen molar-refractivity contribution in [1.29, 1.82) is 10.5 Å². The van der Waals surface area contributed by atoms with Crippen LogP contribution in [-0.4, -0.2) is 15.8 Å². The molecule has 0 aliphatic heterocycles. The molecule has 6 nitrogen and oxygen atoms in total. The van der Waals surface area contributed by atoms with E-state index in [4.69, 9.17) is 39.5 Å². The van der Waals surface area contributed by atoms with Crippen molar-refractivity contribution < 1.29 is 13.2 Å². The number of allylic oxidation sites excluding steroid dienone is 2. The highest BCUT2D eigenvalue weighted by molar-refractivity contribution is 9.10. The Labute approximate surface area is 169 Å². The Hall–Kier alpha value is -2.53. The third-order valence-electron chi connectivity index (χ3n) is 3.12. The number of aliphatic imine (C=N–C) groups is 1. The quantitative estimate of drug-likeness (QED) is 0.515. The first kappa shape index (κ1) is 20.8. The van der Waals surface area contributed by atoms with Gasteiger partial charge in [0.2, 0.25) is 0 Å². The number of halogens is 6. The summed E-state index contributed by atoms with van der Waals surface area (Å²) in [6.45, 7) is 0. The van der Waals surface area contributed by atoms with Crippen molar-refractivity contribution in [3.05, 3.63) is 55.8 Å². The summed E-state index contributed by atoms with van der Waals surface area (Å²) in [5, 5.41) is 17.1. The van der Waals surface area contributed by atoms with Gasteiger partial charge in [-0.1, -0.05) is 23.2 Å². The van der Waals surface area contributed by atoms with E-state index in [-0.39, 0.29) is 37.4 Å². The van der Waals surface area contributed by atoms with Crippen LogP contribution in [0.2, 0.25) is 10.0 Å². The van der Waals surface area contributed by atoms with Crippen LogP contribution in [0.1, 0.15) is 11.3 Å². The van der Waals surface area contributed by atoms with E-state index < -0.39 is 11.7 Å². The number of alkyl halides is 3. The zero-order valence-electron chi connectivity index (χ0n) is 12.9. The lowest BCUT2D eigenvalue weighted by Crippen LogP contribution is -2.06. The molecule has 2 rings (SSSR count). The molecular formula is C15H6BrCl2F3N6. The molecule has 1 heterocycles. The molecule has 0 saturated carbocycles. The molecule has 138 valence electrons. The van der Waals surface area contributed by atoms with Crippen molar-refractivity contribution in [2.45, 2.75) is 6.18 Å². The highest BCUT2D eigenvalue weighted by Crippen LogP contribution is 2.38. The molecule has 1 aromatic heterocycles. The molecule has 12 heteroatoms. The van der Waals surface area contributed by atoms with E-state index in [1.54, 1.807) is 12.1 Å². The number of imidazole rings is 1. The van der Waals surface area contributed by atoms with Crippen molar-refractivity contribution in [3.63, 3.8) is 0 Å². The van der Waals surface area contributed by atoms with Gasteiger partial charge in [0.1, 0.15) is 34.5 Å². The normalized spacial score (nSPS) is 12.6. The Balaban J connectivity index is 2.51. The van der Waals surface area contributed by atoms with Crippen LogP contribution in [0, 0.1) is 22.7 Å². The van der Waals surface area contributed by atoms with Gasteiger partial charge >= 0.3 is 6.18 Å². The molecule has 0 atom stereocenters. The van der Waals surface area contributed by atoms with Gasteiger partial charge in [-0.2, -0.15) is 23.7 Å². The molecule has 0 aliphatic rings. The average molecular weight is 478 g/mol. The lowest BCUT2D eigenvalue weighted by molar-refractivity contribution is -0.137. The van der Waals surface area contributed by atoms with Crippen molar-refractivity contribution in [3.8, 4) is 17.8 Å². The van der Waals surface area contributed by atoms with Gasteiger partial charge in [0, 0.05) is 0 Å². The van der Waals surface area contributed by atoms with Crippen LogP contribution >= 0.6 is 39.1 Å². The summed E-state index contributed by atoms with van der Waals surface area (Å²) in [5.41, 5.74) is 3.91. The summed E-state index contributed by atoms with van der Waals surface area (Å²) in [4.78, 5) is 7.78. The van der Waals surface area contributed by atoms with Crippen molar-refractivity contribution >= 4 is 45.3 Å². The van der Waals surface area contributed by atoms with Crippen molar-refractivity contribution in [2.24, 2.45) is 10.7 Å². The topological polar surface area (TPSA) is 104 Å². The average Bonchev–Trinajstić information content (AvgIpc) is 2.94. The first-order valence-corrected chi connectivity index (χ1v) is 8.28. The van der Waals surface area contributed by atoms with Crippen LogP contribution in [0.25, 0.3) is 5.69 Å². The summed E-state index contributed by atoms with van der Waals surface area (Å²) in [7, 11) is 0. The van der Waals surface area contributed by atoms with Crippen LogP contribution in [0.15, 0.2) is 39.4 Å². The molecule has 0 saturated heterocycles. The van der Waals surface area contributed by atoms with Gasteiger partial charge in [0.25, 0.3) is 0 Å². The maximum absolute atomic E-state index is 12.8. The zero-order valence-corrected chi connectivity index (χ0v) is 16.0. The van der Waals surface area contributed by atoms with Crippen LogP contribution in [0.4, 0.5) is 13.2 Å². The second-order valence-electron chi connectivity index (χ2n) is 4.82. The molecule has 0 unspecified atom stereocenters. The fourth-order valence-corrected chi connectivity index (χ4v) is 3.03. The summed E-state index contributed by atoms with van der Waals surface area (Å²) in [6, 6.07) is 4.73. The van der Waals surface area contributed by atoms with Crippen LogP contribution in [-0.2, 0) is 6.18 Å². The number of nitrogens with two attached hydrogens (primary N) is 1. The molecule has 2 N–H and O–H groups in total. The predicted molar refractivity (Wildman–Crippen MR) is 96.3 cm³/mol. The zero-order chi connectivity index (χ0) is 20.4. The van der Waals surface area contributed by atoms with E-state index in [0.29, 0.717) is 0 Å². The molecule has 0 radical (unpaired) electrons. The van der Waals surface area contributed by atoms with Crippen molar-refractivity contribution in [2.75, 3.05) is 0 Å². The summed E-state index contributed by atoms with van der Waals surface area (Å²) in [5.74, 6) is 0. The van der Waals surface area contributed by atoms with Crippen LogP contribution in [0.5, 0.6) is 0 Å². The molecule has 1 aromatic carbocycles. The van der Waals surface area contributed by atoms with E-state index in [0.717, 1.165) is 18.3 Å². The molecule has 0 aliphatic carbocycles. The van der Waals surface area contributed by atoms with E-state index in [2.05, 4.69) is 25.9 Å². The lowest BCUT2D eigenvalue weighted by Gasteiger charge is -2.13. The molecule has 0 fully saturated rings. The first-order chi connectivity index (χ1) is 12.6. The third-order valence-corrected chi connectivity index (χ3v) is 4.48. The maximum Gasteiger partial charge on any atom is 0.416 e. The summed E-state index contributed by atoms with van der Waals surface area (Å²) >= 11 is 15.2. The smallest absolute Gasteiger partial charge is 0.388 e. The minimum absolute atomic E-state index is 0.0675. The largest absolute Gasteiger partial charge is 0.416 e. The maximum atomic E-state index is 12.8. The van der Waals surface area contributed by atoms with E-state index >= 15 is 0 Å². The van der Waals surface area contributed by atoms with Crippen LogP contribution in [0.3, 0.4) is 0 Å². The van der Waals surface area contributed by atoms with Crippen molar-refractivity contribution in [1.82, 2.24) is 9.55 Å². The van der Waals surface area contributed by atoms with E-state index in [9.17, 15) is 13.2 Å². The standard InChI is InChI=1S/C15H6BrCl2F3N6/c16-14-12(5-25-11(4-23)10(24)3-22)26-6-27(14)13-8(17)1-7(2-9(13)18)15(19,20)21/h1-2,5-6H,24H2/b11-10-,25-5+. The highest BCUT2D eigenvalue weighted by atomic mass is 79.9. The molecule has 27 heavy (non-hydrogen) atoms. The van der Waals surface area contributed by atoms with Gasteiger partial charge in [-0.3, -0.25) is 4.57 Å². The Morgan fingerprint density at radius 1 is 1.26 bits per heavy atom. The minimum Gasteiger partial charge on any atom is -0.388 e. The van der Waals surface area contributed by atoms with Gasteiger partial charge in [-0.15, -0.1) is 0 Å². The predicted octanol–water partition coefficient (Wildman–Crippen LogP) is 4.60. The number of nitriles is 2. The third kappa shape index (κ3) is 4.42. The number of hydrogen-bond donors (Lipinski definition) is 1. The summed E-state index contributed by atoms with van der Waals surface area (Å²) < 4.78 is 40.1. The minimum atomic E-state index is -4.60.